The van der Waals surface area contributed by atoms with E-state index in [9.17, 15) is 14.4 Å². The molecule has 7 nitrogen and oxygen atoms in total. The molecule has 0 bridgehead atoms. The first-order valence-corrected chi connectivity index (χ1v) is 8.78. The van der Waals surface area contributed by atoms with Gasteiger partial charge in [0.1, 0.15) is 5.76 Å². The summed E-state index contributed by atoms with van der Waals surface area (Å²) in [6.07, 6.45) is 1.67. The van der Waals surface area contributed by atoms with Crippen molar-refractivity contribution in [3.8, 4) is 0 Å². The Morgan fingerprint density at radius 3 is 2.50 bits per heavy atom. The zero-order valence-corrected chi connectivity index (χ0v) is 15.7. The van der Waals surface area contributed by atoms with Crippen molar-refractivity contribution < 1.29 is 14.0 Å². The van der Waals surface area contributed by atoms with Crippen LogP contribution in [0.1, 0.15) is 32.2 Å². The van der Waals surface area contributed by atoms with Crippen LogP contribution in [-0.2, 0) is 13.1 Å². The quantitative estimate of drug-likeness (QED) is 0.711. The zero-order chi connectivity index (χ0) is 20.1. The van der Waals surface area contributed by atoms with Crippen LogP contribution in [0.2, 0.25) is 0 Å². The molecule has 0 radical (unpaired) electrons. The summed E-state index contributed by atoms with van der Waals surface area (Å²) in [5, 5.41) is 2.57. The lowest BCUT2D eigenvalue weighted by Crippen LogP contribution is -2.26. The highest BCUT2D eigenvalue weighted by Gasteiger charge is 2.17. The number of pyridine rings is 1. The number of aromatic nitrogens is 1. The molecular weight excluding hydrogens is 358 g/mol. The van der Waals surface area contributed by atoms with Gasteiger partial charge in [0, 0.05) is 38.5 Å². The van der Waals surface area contributed by atoms with Gasteiger partial charge in [0.25, 0.3) is 17.4 Å². The molecule has 28 heavy (non-hydrogen) atoms. The number of hydrogen-bond acceptors (Lipinski definition) is 4. The van der Waals surface area contributed by atoms with Crippen molar-refractivity contribution in [3.63, 3.8) is 0 Å². The van der Waals surface area contributed by atoms with Crippen LogP contribution in [0.3, 0.4) is 0 Å². The highest BCUT2D eigenvalue weighted by Crippen LogP contribution is 2.14. The Bertz CT molecular complexity index is 1030. The highest BCUT2D eigenvalue weighted by molar-refractivity contribution is 5.94. The summed E-state index contributed by atoms with van der Waals surface area (Å²) in [7, 11) is 3.26. The number of nitrogens with zero attached hydrogens (tertiary/aromatic N) is 2. The van der Waals surface area contributed by atoms with Crippen LogP contribution >= 0.6 is 0 Å². The lowest BCUT2D eigenvalue weighted by Gasteiger charge is -2.16. The van der Waals surface area contributed by atoms with Gasteiger partial charge >= 0.3 is 0 Å². The highest BCUT2D eigenvalue weighted by atomic mass is 16.4. The normalized spacial score (nSPS) is 10.5. The lowest BCUT2D eigenvalue weighted by molar-refractivity contribution is 0.0751. The second-order valence-corrected chi connectivity index (χ2v) is 6.37. The van der Waals surface area contributed by atoms with Crippen LogP contribution in [0.4, 0.5) is 0 Å². The number of carbonyl (C=O) groups excluding carboxylic acids is 2. The van der Waals surface area contributed by atoms with E-state index in [2.05, 4.69) is 5.32 Å². The molecule has 0 fully saturated rings. The van der Waals surface area contributed by atoms with E-state index in [0.29, 0.717) is 17.9 Å². The van der Waals surface area contributed by atoms with Gasteiger partial charge in [0.05, 0.1) is 6.54 Å². The van der Waals surface area contributed by atoms with Gasteiger partial charge in [0.2, 0.25) is 0 Å². The number of amides is 2. The minimum absolute atomic E-state index is 0.135. The molecule has 0 aliphatic heterocycles. The monoisotopic (exact) mass is 379 g/mol. The number of nitrogens with one attached hydrogen (secondary N) is 1. The number of rotatable bonds is 6. The average Bonchev–Trinajstić information content (AvgIpc) is 3.17. The fourth-order valence-electron chi connectivity index (χ4n) is 2.78. The van der Waals surface area contributed by atoms with Crippen LogP contribution < -0.4 is 10.9 Å². The molecule has 0 unspecified atom stereocenters. The minimum Gasteiger partial charge on any atom is -0.454 e. The maximum Gasteiger partial charge on any atom is 0.289 e. The van der Waals surface area contributed by atoms with E-state index in [1.807, 2.05) is 12.1 Å². The van der Waals surface area contributed by atoms with Crippen molar-refractivity contribution in [2.45, 2.75) is 13.1 Å². The standard InChI is InChI=1S/C21H21N3O4/c1-22-20(26)16-8-6-15(7-9-16)13-23(2)21(27)18-11-10-17(28-18)14-24-12-4-3-5-19(24)25/h3-12H,13-14H2,1-2H3,(H,22,26). The Morgan fingerprint density at radius 1 is 1.07 bits per heavy atom. The van der Waals surface area contributed by atoms with Gasteiger partial charge in [-0.1, -0.05) is 18.2 Å². The number of hydrogen-bond donors (Lipinski definition) is 1. The molecule has 0 saturated heterocycles. The van der Waals surface area contributed by atoms with Crippen molar-refractivity contribution in [3.05, 3.63) is 93.8 Å². The second-order valence-electron chi connectivity index (χ2n) is 6.37. The summed E-state index contributed by atoms with van der Waals surface area (Å²) < 4.78 is 7.13. The third kappa shape index (κ3) is 4.37. The van der Waals surface area contributed by atoms with E-state index in [0.717, 1.165) is 5.56 Å². The van der Waals surface area contributed by atoms with E-state index < -0.39 is 0 Å². The first-order chi connectivity index (χ1) is 13.5. The molecule has 7 heteroatoms. The van der Waals surface area contributed by atoms with E-state index in [1.165, 1.54) is 15.5 Å². The molecule has 3 rings (SSSR count). The lowest BCUT2D eigenvalue weighted by atomic mass is 10.1. The smallest absolute Gasteiger partial charge is 0.289 e. The molecule has 0 aliphatic rings. The molecule has 1 N–H and O–H groups in total. The van der Waals surface area contributed by atoms with E-state index in [-0.39, 0.29) is 29.7 Å². The van der Waals surface area contributed by atoms with Gasteiger partial charge in [0.15, 0.2) is 5.76 Å². The fraction of sp³-hybridized carbons (Fsp3) is 0.190. The molecule has 144 valence electrons. The molecule has 0 atom stereocenters. The summed E-state index contributed by atoms with van der Waals surface area (Å²) in [5.74, 6) is 0.321. The third-order valence-electron chi connectivity index (χ3n) is 4.31. The molecule has 2 amide bonds. The van der Waals surface area contributed by atoms with Gasteiger partial charge < -0.3 is 19.2 Å². The summed E-state index contributed by atoms with van der Waals surface area (Å²) in [6, 6.07) is 15.3. The SMILES string of the molecule is CNC(=O)c1ccc(CN(C)C(=O)c2ccc(Cn3ccccc3=O)o2)cc1. The number of carbonyl (C=O) groups is 2. The molecular formula is C21H21N3O4. The Morgan fingerprint density at radius 2 is 1.82 bits per heavy atom. The Kier molecular flexibility index (Phi) is 5.74. The minimum atomic E-state index is -0.262. The van der Waals surface area contributed by atoms with Crippen molar-refractivity contribution in [2.24, 2.45) is 0 Å². The Balaban J connectivity index is 1.65. The van der Waals surface area contributed by atoms with Gasteiger partial charge in [-0.3, -0.25) is 14.4 Å². The number of furan rings is 1. The van der Waals surface area contributed by atoms with Crippen molar-refractivity contribution in [1.29, 1.82) is 0 Å². The molecule has 2 aromatic heterocycles. The van der Waals surface area contributed by atoms with Crippen LogP contribution in [0.5, 0.6) is 0 Å². The van der Waals surface area contributed by atoms with Crippen molar-refractivity contribution >= 4 is 11.8 Å². The topological polar surface area (TPSA) is 84.5 Å². The summed E-state index contributed by atoms with van der Waals surface area (Å²) in [5.41, 5.74) is 1.32. The van der Waals surface area contributed by atoms with Crippen LogP contribution in [0.25, 0.3) is 0 Å². The summed E-state index contributed by atoms with van der Waals surface area (Å²) in [4.78, 5) is 37.5. The Labute approximate surface area is 162 Å². The molecule has 0 spiro atoms. The van der Waals surface area contributed by atoms with Gasteiger partial charge in [-0.15, -0.1) is 0 Å². The van der Waals surface area contributed by atoms with Crippen molar-refractivity contribution in [2.75, 3.05) is 14.1 Å². The first kappa shape index (κ1) is 19.2. The third-order valence-corrected chi connectivity index (χ3v) is 4.31. The first-order valence-electron chi connectivity index (χ1n) is 8.78. The van der Waals surface area contributed by atoms with Crippen LogP contribution in [0.15, 0.2) is 70.0 Å². The molecule has 2 heterocycles. The largest absolute Gasteiger partial charge is 0.454 e. The van der Waals surface area contributed by atoms with Crippen LogP contribution in [0, 0.1) is 0 Å². The number of benzene rings is 1. The Hall–Kier alpha value is -3.61. The zero-order valence-electron chi connectivity index (χ0n) is 15.7. The van der Waals surface area contributed by atoms with Crippen LogP contribution in [-0.4, -0.2) is 35.4 Å². The second kappa shape index (κ2) is 8.39. The predicted molar refractivity (Wildman–Crippen MR) is 104 cm³/mol. The average molecular weight is 379 g/mol. The summed E-state index contributed by atoms with van der Waals surface area (Å²) >= 11 is 0. The maximum absolute atomic E-state index is 12.6. The fourth-order valence-corrected chi connectivity index (χ4v) is 2.78. The summed E-state index contributed by atoms with van der Waals surface area (Å²) in [6.45, 7) is 0.638. The van der Waals surface area contributed by atoms with E-state index in [1.54, 1.807) is 56.7 Å². The van der Waals surface area contributed by atoms with E-state index >= 15 is 0 Å². The molecule has 3 aromatic rings. The molecule has 1 aromatic carbocycles. The van der Waals surface area contributed by atoms with E-state index in [4.69, 9.17) is 4.42 Å². The van der Waals surface area contributed by atoms with Gasteiger partial charge in [-0.2, -0.15) is 0 Å². The molecule has 0 saturated carbocycles. The van der Waals surface area contributed by atoms with Crippen molar-refractivity contribution in [1.82, 2.24) is 14.8 Å². The molecule has 0 aliphatic carbocycles. The van der Waals surface area contributed by atoms with Gasteiger partial charge in [-0.05, 0) is 35.9 Å². The van der Waals surface area contributed by atoms with Gasteiger partial charge in [-0.25, -0.2) is 0 Å². The maximum atomic E-state index is 12.6. The predicted octanol–water partition coefficient (Wildman–Crippen LogP) is 2.12.